The van der Waals surface area contributed by atoms with Gasteiger partial charge in [0, 0.05) is 69.7 Å². The number of amides is 2. The number of piperazine rings is 1. The van der Waals surface area contributed by atoms with Crippen molar-refractivity contribution in [1.29, 1.82) is 0 Å². The molecule has 2 N–H and O–H groups in total. The summed E-state index contributed by atoms with van der Waals surface area (Å²) in [4.78, 5) is 37.6. The molecule has 1 aliphatic rings. The smallest absolute Gasteiger partial charge is 0.309 e. The number of hydrogen-bond acceptors (Lipinski definition) is 6. The molecule has 8 nitrogen and oxygen atoms in total. The molecule has 1 unspecified atom stereocenters. The summed E-state index contributed by atoms with van der Waals surface area (Å²) >= 11 is 0. The van der Waals surface area contributed by atoms with Crippen LogP contribution in [0.15, 0.2) is 79.4 Å². The van der Waals surface area contributed by atoms with Crippen molar-refractivity contribution in [3.63, 3.8) is 0 Å². The van der Waals surface area contributed by atoms with Crippen molar-refractivity contribution in [2.75, 3.05) is 37.6 Å². The Morgan fingerprint density at radius 3 is 2.24 bits per heavy atom. The minimum atomic E-state index is -0.648. The predicted octanol–water partition coefficient (Wildman–Crippen LogP) is 1.77. The summed E-state index contributed by atoms with van der Waals surface area (Å²) in [5.74, 6) is -1.29. The van der Waals surface area contributed by atoms with Gasteiger partial charge in [0.15, 0.2) is 0 Å². The van der Waals surface area contributed by atoms with Gasteiger partial charge in [-0.05, 0) is 41.5 Å². The third-order valence-corrected chi connectivity index (χ3v) is 5.81. The SMILES string of the molecule is O=C(NCc1ccncc1)C(=O)NCC(c1cccnc1)N1CCN(c2ccccc2)CC1. The Labute approximate surface area is 193 Å². The molecule has 4 rings (SSSR count). The highest BCUT2D eigenvalue weighted by Gasteiger charge is 2.26. The number of benzene rings is 1. The van der Waals surface area contributed by atoms with Crippen LogP contribution in [0.4, 0.5) is 5.69 Å². The van der Waals surface area contributed by atoms with E-state index in [1.807, 2.05) is 24.4 Å². The van der Waals surface area contributed by atoms with Crippen molar-refractivity contribution in [2.24, 2.45) is 0 Å². The van der Waals surface area contributed by atoms with Gasteiger partial charge in [0.1, 0.15) is 0 Å². The summed E-state index contributed by atoms with van der Waals surface area (Å²) < 4.78 is 0. The van der Waals surface area contributed by atoms with Gasteiger partial charge in [-0.1, -0.05) is 24.3 Å². The zero-order chi connectivity index (χ0) is 22.9. The van der Waals surface area contributed by atoms with Crippen LogP contribution < -0.4 is 15.5 Å². The van der Waals surface area contributed by atoms with Gasteiger partial charge < -0.3 is 15.5 Å². The molecular weight excluding hydrogens is 416 g/mol. The largest absolute Gasteiger partial charge is 0.369 e. The van der Waals surface area contributed by atoms with E-state index >= 15 is 0 Å². The minimum absolute atomic E-state index is 0.0615. The fourth-order valence-electron chi connectivity index (χ4n) is 3.99. The second-order valence-electron chi connectivity index (χ2n) is 7.91. The molecule has 2 amide bonds. The lowest BCUT2D eigenvalue weighted by Gasteiger charge is -2.40. The third kappa shape index (κ3) is 6.14. The zero-order valence-corrected chi connectivity index (χ0v) is 18.4. The maximum Gasteiger partial charge on any atom is 0.309 e. The molecule has 3 heterocycles. The van der Waals surface area contributed by atoms with Crippen LogP contribution in [0.5, 0.6) is 0 Å². The maximum atomic E-state index is 12.4. The molecule has 1 fully saturated rings. The molecule has 1 aliphatic heterocycles. The van der Waals surface area contributed by atoms with E-state index < -0.39 is 11.8 Å². The van der Waals surface area contributed by atoms with Crippen molar-refractivity contribution >= 4 is 17.5 Å². The number of carbonyl (C=O) groups is 2. The van der Waals surface area contributed by atoms with E-state index in [4.69, 9.17) is 0 Å². The monoisotopic (exact) mass is 444 g/mol. The standard InChI is InChI=1S/C25H28N6O2/c32-24(28-17-20-8-11-26-12-9-20)25(33)29-19-23(21-5-4-10-27-18-21)31-15-13-30(14-16-31)22-6-2-1-3-7-22/h1-12,18,23H,13-17,19H2,(H,28,32)(H,29,33). The molecule has 1 aromatic carbocycles. The van der Waals surface area contributed by atoms with Crippen LogP contribution in [-0.2, 0) is 16.1 Å². The molecule has 0 radical (unpaired) electrons. The first-order valence-electron chi connectivity index (χ1n) is 11.1. The van der Waals surface area contributed by atoms with Gasteiger partial charge in [0.05, 0.1) is 6.04 Å². The van der Waals surface area contributed by atoms with Crippen molar-refractivity contribution < 1.29 is 9.59 Å². The summed E-state index contributed by atoms with van der Waals surface area (Å²) in [6.07, 6.45) is 6.86. The average molecular weight is 445 g/mol. The van der Waals surface area contributed by atoms with E-state index in [1.54, 1.807) is 30.7 Å². The van der Waals surface area contributed by atoms with Gasteiger partial charge in [-0.15, -0.1) is 0 Å². The Bertz CT molecular complexity index is 1020. The highest BCUT2D eigenvalue weighted by atomic mass is 16.2. The Morgan fingerprint density at radius 1 is 0.818 bits per heavy atom. The minimum Gasteiger partial charge on any atom is -0.369 e. The molecule has 2 aromatic heterocycles. The van der Waals surface area contributed by atoms with Gasteiger partial charge in [-0.25, -0.2) is 0 Å². The number of carbonyl (C=O) groups excluding carboxylic acids is 2. The molecule has 1 atom stereocenters. The second-order valence-corrected chi connectivity index (χ2v) is 7.91. The van der Waals surface area contributed by atoms with Gasteiger partial charge in [0.2, 0.25) is 0 Å². The van der Waals surface area contributed by atoms with Crippen LogP contribution in [0.2, 0.25) is 0 Å². The lowest BCUT2D eigenvalue weighted by Crippen LogP contribution is -2.50. The highest BCUT2D eigenvalue weighted by Crippen LogP contribution is 2.23. The number of para-hydroxylation sites is 1. The first kappa shape index (κ1) is 22.4. The van der Waals surface area contributed by atoms with Gasteiger partial charge >= 0.3 is 11.8 Å². The van der Waals surface area contributed by atoms with Gasteiger partial charge in [0.25, 0.3) is 0 Å². The van der Waals surface area contributed by atoms with Gasteiger partial charge in [-0.3, -0.25) is 24.5 Å². The second kappa shape index (κ2) is 11.2. The van der Waals surface area contributed by atoms with Crippen LogP contribution in [0, 0.1) is 0 Å². The summed E-state index contributed by atoms with van der Waals surface area (Å²) in [6.45, 7) is 4.08. The highest BCUT2D eigenvalue weighted by molar-refractivity contribution is 6.35. The van der Waals surface area contributed by atoms with Crippen LogP contribution in [-0.4, -0.2) is 59.4 Å². The molecule has 8 heteroatoms. The topological polar surface area (TPSA) is 90.5 Å². The van der Waals surface area contributed by atoms with Crippen molar-refractivity contribution in [1.82, 2.24) is 25.5 Å². The van der Waals surface area contributed by atoms with E-state index in [-0.39, 0.29) is 12.6 Å². The third-order valence-electron chi connectivity index (χ3n) is 5.81. The van der Waals surface area contributed by atoms with Crippen LogP contribution in [0.3, 0.4) is 0 Å². The van der Waals surface area contributed by atoms with E-state index in [0.29, 0.717) is 6.54 Å². The van der Waals surface area contributed by atoms with E-state index in [2.05, 4.69) is 54.7 Å². The van der Waals surface area contributed by atoms with Crippen LogP contribution in [0.25, 0.3) is 0 Å². The summed E-state index contributed by atoms with van der Waals surface area (Å²) in [5, 5.41) is 5.47. The average Bonchev–Trinajstić information content (AvgIpc) is 2.89. The van der Waals surface area contributed by atoms with Crippen LogP contribution >= 0.6 is 0 Å². The molecular formula is C25H28N6O2. The Hall–Kier alpha value is -3.78. The summed E-state index contributed by atoms with van der Waals surface area (Å²) in [6, 6.07) is 17.8. The number of anilines is 1. The lowest BCUT2D eigenvalue weighted by molar-refractivity contribution is -0.139. The molecule has 1 saturated heterocycles. The first-order chi connectivity index (χ1) is 16.2. The van der Waals surface area contributed by atoms with E-state index in [9.17, 15) is 9.59 Å². The number of aromatic nitrogens is 2. The van der Waals surface area contributed by atoms with Crippen molar-refractivity contribution in [3.8, 4) is 0 Å². The first-order valence-corrected chi connectivity index (χ1v) is 11.1. The quantitative estimate of drug-likeness (QED) is 0.540. The summed E-state index contributed by atoms with van der Waals surface area (Å²) in [7, 11) is 0. The predicted molar refractivity (Wildman–Crippen MR) is 126 cm³/mol. The number of nitrogens with zero attached hydrogens (tertiary/aromatic N) is 4. The molecule has 3 aromatic rings. The molecule has 0 spiro atoms. The Morgan fingerprint density at radius 2 is 1.55 bits per heavy atom. The number of rotatable bonds is 7. The van der Waals surface area contributed by atoms with E-state index in [0.717, 1.165) is 37.3 Å². The molecule has 0 saturated carbocycles. The molecule has 0 aliphatic carbocycles. The zero-order valence-electron chi connectivity index (χ0n) is 18.4. The Kier molecular flexibility index (Phi) is 7.60. The molecule has 33 heavy (non-hydrogen) atoms. The summed E-state index contributed by atoms with van der Waals surface area (Å²) in [5.41, 5.74) is 3.12. The number of nitrogens with one attached hydrogen (secondary N) is 2. The van der Waals surface area contributed by atoms with Crippen molar-refractivity contribution in [3.05, 3.63) is 90.5 Å². The van der Waals surface area contributed by atoms with Gasteiger partial charge in [-0.2, -0.15) is 0 Å². The van der Waals surface area contributed by atoms with Crippen molar-refractivity contribution in [2.45, 2.75) is 12.6 Å². The maximum absolute atomic E-state index is 12.4. The number of hydrogen-bond donors (Lipinski definition) is 2. The fourth-order valence-corrected chi connectivity index (χ4v) is 3.99. The Balaban J connectivity index is 1.34. The molecule has 170 valence electrons. The fraction of sp³-hybridized carbons (Fsp3) is 0.280. The van der Waals surface area contributed by atoms with Crippen LogP contribution in [0.1, 0.15) is 17.2 Å². The van der Waals surface area contributed by atoms with E-state index in [1.165, 1.54) is 5.69 Å². The molecule has 0 bridgehead atoms. The lowest BCUT2D eigenvalue weighted by atomic mass is 10.1. The number of pyridine rings is 2. The normalized spacial score (nSPS) is 15.0.